The lowest BCUT2D eigenvalue weighted by atomic mass is 10.1. The molecular weight excluding hydrogens is 468 g/mol. The van der Waals surface area contributed by atoms with Gasteiger partial charge < -0.3 is 15.0 Å². The zero-order chi connectivity index (χ0) is 17.6. The molecule has 0 amide bonds. The Morgan fingerprint density at radius 3 is 2.60 bits per heavy atom. The van der Waals surface area contributed by atoms with Crippen LogP contribution in [0.4, 0.5) is 13.2 Å². The number of ether oxygens (including phenoxy) is 1. The van der Waals surface area contributed by atoms with Gasteiger partial charge in [-0.3, -0.25) is 0 Å². The Kier molecular flexibility index (Phi) is 9.43. The molecule has 2 heterocycles. The fraction of sp³-hybridized carbons (Fsp3) is 0.733. The second-order valence-electron chi connectivity index (χ2n) is 5.44. The number of thiazole rings is 1. The Balaban J connectivity index is 0.00000312. The Labute approximate surface area is 167 Å². The van der Waals surface area contributed by atoms with Crippen molar-refractivity contribution in [1.29, 1.82) is 0 Å². The van der Waals surface area contributed by atoms with Gasteiger partial charge >= 0.3 is 6.18 Å². The third-order valence-corrected chi connectivity index (χ3v) is 4.52. The monoisotopic (exact) mass is 492 g/mol. The van der Waals surface area contributed by atoms with E-state index in [0.717, 1.165) is 48.6 Å². The fourth-order valence-electron chi connectivity index (χ4n) is 2.55. The summed E-state index contributed by atoms with van der Waals surface area (Å²) in [6.07, 6.45) is -2.27. The van der Waals surface area contributed by atoms with Gasteiger partial charge in [-0.2, -0.15) is 13.2 Å². The van der Waals surface area contributed by atoms with E-state index in [1.807, 2.05) is 13.8 Å². The van der Waals surface area contributed by atoms with Crippen LogP contribution in [0.2, 0.25) is 0 Å². The third-order valence-electron chi connectivity index (χ3n) is 3.69. The molecule has 2 rings (SSSR count). The molecule has 0 radical (unpaired) electrons. The first-order chi connectivity index (χ1) is 11.4. The molecule has 1 aliphatic heterocycles. The molecule has 0 bridgehead atoms. The van der Waals surface area contributed by atoms with Crippen LogP contribution in [0.15, 0.2) is 10.4 Å². The molecule has 0 saturated carbocycles. The van der Waals surface area contributed by atoms with Crippen LogP contribution in [0.1, 0.15) is 37.4 Å². The maximum atomic E-state index is 12.6. The average molecular weight is 492 g/mol. The molecule has 1 saturated heterocycles. The van der Waals surface area contributed by atoms with Gasteiger partial charge in [0, 0.05) is 31.6 Å². The van der Waals surface area contributed by atoms with Gasteiger partial charge in [0.2, 0.25) is 0 Å². The second kappa shape index (κ2) is 10.5. The van der Waals surface area contributed by atoms with E-state index in [1.165, 1.54) is 0 Å². The van der Waals surface area contributed by atoms with Crippen molar-refractivity contribution >= 4 is 41.3 Å². The van der Waals surface area contributed by atoms with Gasteiger partial charge in [-0.25, -0.2) is 9.98 Å². The lowest BCUT2D eigenvalue weighted by Crippen LogP contribution is -2.47. The molecule has 10 heteroatoms. The Hall–Kier alpha value is -0.620. The van der Waals surface area contributed by atoms with Crippen LogP contribution in [0, 0.1) is 0 Å². The first-order valence-corrected chi connectivity index (χ1v) is 8.98. The van der Waals surface area contributed by atoms with E-state index in [2.05, 4.69) is 20.2 Å². The third kappa shape index (κ3) is 6.89. The van der Waals surface area contributed by atoms with Crippen LogP contribution in [0.25, 0.3) is 0 Å². The topological polar surface area (TPSA) is 49.8 Å². The molecule has 0 aromatic carbocycles. The number of halogens is 4. The highest BCUT2D eigenvalue weighted by Crippen LogP contribution is 2.30. The highest BCUT2D eigenvalue weighted by molar-refractivity contribution is 14.0. The summed E-state index contributed by atoms with van der Waals surface area (Å²) in [5, 5.41) is 4.59. The maximum Gasteiger partial charge on any atom is 0.434 e. The second-order valence-corrected chi connectivity index (χ2v) is 6.38. The van der Waals surface area contributed by atoms with Crippen LogP contribution in [0.5, 0.6) is 0 Å². The highest BCUT2D eigenvalue weighted by atomic mass is 127. The zero-order valence-corrected chi connectivity index (χ0v) is 17.5. The van der Waals surface area contributed by atoms with Crippen molar-refractivity contribution in [2.75, 3.05) is 26.2 Å². The first kappa shape index (κ1) is 22.4. The first-order valence-electron chi connectivity index (χ1n) is 8.10. The van der Waals surface area contributed by atoms with E-state index in [1.54, 1.807) is 0 Å². The smallest absolute Gasteiger partial charge is 0.378 e. The van der Waals surface area contributed by atoms with Crippen molar-refractivity contribution < 1.29 is 17.9 Å². The minimum absolute atomic E-state index is 0. The minimum atomic E-state index is -4.40. The number of alkyl halides is 3. The van der Waals surface area contributed by atoms with Crippen LogP contribution in [-0.2, 0) is 17.5 Å². The summed E-state index contributed by atoms with van der Waals surface area (Å²) in [5.74, 6) is 0.719. The Bertz CT molecular complexity index is 545. The molecule has 1 aromatic heterocycles. The molecule has 1 fully saturated rings. The molecule has 1 aliphatic rings. The predicted molar refractivity (Wildman–Crippen MR) is 104 cm³/mol. The molecule has 25 heavy (non-hydrogen) atoms. The fourth-order valence-corrected chi connectivity index (χ4v) is 3.28. The lowest BCUT2D eigenvalue weighted by Gasteiger charge is -2.34. The minimum Gasteiger partial charge on any atom is -0.378 e. The molecule has 0 aliphatic carbocycles. The summed E-state index contributed by atoms with van der Waals surface area (Å²) in [7, 11) is 0. The van der Waals surface area contributed by atoms with E-state index in [-0.39, 0.29) is 36.6 Å². The van der Waals surface area contributed by atoms with Crippen LogP contribution >= 0.6 is 35.3 Å². The number of piperidine rings is 1. The van der Waals surface area contributed by atoms with Crippen molar-refractivity contribution in [3.63, 3.8) is 0 Å². The van der Waals surface area contributed by atoms with E-state index in [4.69, 9.17) is 4.74 Å². The number of rotatable bonds is 5. The number of nitrogens with zero attached hydrogens (tertiary/aromatic N) is 3. The van der Waals surface area contributed by atoms with Gasteiger partial charge in [-0.15, -0.1) is 35.3 Å². The van der Waals surface area contributed by atoms with Crippen molar-refractivity contribution in [3.05, 3.63) is 16.1 Å². The predicted octanol–water partition coefficient (Wildman–Crippen LogP) is 3.75. The van der Waals surface area contributed by atoms with E-state index in [0.29, 0.717) is 18.2 Å². The molecule has 0 unspecified atom stereocenters. The standard InChI is InChI=1S/C15H23F3N4OS.HI/c1-3-19-14(22-7-5-11(6-8-22)23-4-2)20-9-13-21-12(10-24-13)15(16,17)18;/h10-11H,3-9H2,1-2H3,(H,19,20);1H. The Morgan fingerprint density at radius 1 is 1.40 bits per heavy atom. The molecular formula is C15H24F3IN4OS. The van der Waals surface area contributed by atoms with Crippen molar-refractivity contribution in [2.24, 2.45) is 4.99 Å². The van der Waals surface area contributed by atoms with Gasteiger partial charge in [-0.05, 0) is 26.7 Å². The number of guanidine groups is 1. The normalized spacial score (nSPS) is 16.7. The van der Waals surface area contributed by atoms with Crippen molar-refractivity contribution in [2.45, 2.75) is 45.5 Å². The SMILES string of the molecule is CCNC(=NCc1nc(C(F)(F)F)cs1)N1CCC(OCC)CC1.I. The molecule has 0 atom stereocenters. The summed E-state index contributed by atoms with van der Waals surface area (Å²) in [6, 6.07) is 0. The molecule has 144 valence electrons. The van der Waals surface area contributed by atoms with Crippen molar-refractivity contribution in [1.82, 2.24) is 15.2 Å². The summed E-state index contributed by atoms with van der Waals surface area (Å²) in [4.78, 5) is 10.2. The zero-order valence-electron chi connectivity index (χ0n) is 14.3. The maximum absolute atomic E-state index is 12.6. The van der Waals surface area contributed by atoms with Crippen molar-refractivity contribution in [3.8, 4) is 0 Å². The van der Waals surface area contributed by atoms with E-state index in [9.17, 15) is 13.2 Å². The molecule has 1 aromatic rings. The lowest BCUT2D eigenvalue weighted by molar-refractivity contribution is -0.140. The number of likely N-dealkylation sites (tertiary alicyclic amines) is 1. The Morgan fingerprint density at radius 2 is 2.08 bits per heavy atom. The van der Waals surface area contributed by atoms with Gasteiger partial charge in [0.25, 0.3) is 0 Å². The summed E-state index contributed by atoms with van der Waals surface area (Å²) in [5.41, 5.74) is -0.847. The number of hydrogen-bond acceptors (Lipinski definition) is 4. The van der Waals surface area contributed by atoms with Gasteiger partial charge in [0.05, 0.1) is 12.6 Å². The van der Waals surface area contributed by atoms with Gasteiger partial charge in [0.1, 0.15) is 5.01 Å². The summed E-state index contributed by atoms with van der Waals surface area (Å²) in [6.45, 7) is 7.16. The average Bonchev–Trinajstić information content (AvgIpc) is 3.02. The summed E-state index contributed by atoms with van der Waals surface area (Å²) >= 11 is 0.986. The number of nitrogens with one attached hydrogen (secondary N) is 1. The van der Waals surface area contributed by atoms with Crippen LogP contribution in [0.3, 0.4) is 0 Å². The van der Waals surface area contributed by atoms with Gasteiger partial charge in [0.15, 0.2) is 11.7 Å². The molecule has 0 spiro atoms. The quantitative estimate of drug-likeness (QED) is 0.387. The molecule has 5 nitrogen and oxygen atoms in total. The van der Waals surface area contributed by atoms with Crippen LogP contribution in [-0.4, -0.2) is 48.2 Å². The highest BCUT2D eigenvalue weighted by Gasteiger charge is 2.33. The van der Waals surface area contributed by atoms with Crippen LogP contribution < -0.4 is 5.32 Å². The largest absolute Gasteiger partial charge is 0.434 e. The molecule has 1 N–H and O–H groups in total. The van der Waals surface area contributed by atoms with Gasteiger partial charge in [-0.1, -0.05) is 0 Å². The number of hydrogen-bond donors (Lipinski definition) is 1. The number of aliphatic imine (C=N–C) groups is 1. The van der Waals surface area contributed by atoms with E-state index >= 15 is 0 Å². The summed E-state index contributed by atoms with van der Waals surface area (Å²) < 4.78 is 43.4. The number of aromatic nitrogens is 1. The van der Waals surface area contributed by atoms with E-state index < -0.39 is 11.9 Å².